The summed E-state index contributed by atoms with van der Waals surface area (Å²) in [6.07, 6.45) is 6.34. The van der Waals surface area contributed by atoms with Crippen LogP contribution >= 0.6 is 15.9 Å². The number of fused-ring (bicyclic) bond motifs is 1. The van der Waals surface area contributed by atoms with Gasteiger partial charge < -0.3 is 5.32 Å². The third kappa shape index (κ3) is 1.89. The lowest BCUT2D eigenvalue weighted by molar-refractivity contribution is 0.976. The molecule has 1 N–H and O–H groups in total. The maximum absolute atomic E-state index is 3.65. The normalized spacial score (nSPS) is 14.5. The van der Waals surface area contributed by atoms with Crippen LogP contribution in [0.3, 0.4) is 0 Å². The van der Waals surface area contributed by atoms with E-state index in [0.29, 0.717) is 0 Å². The molecule has 2 aromatic rings. The van der Waals surface area contributed by atoms with Crippen molar-refractivity contribution in [2.45, 2.75) is 0 Å². The number of nitrogens with one attached hydrogen (secondary N) is 1. The summed E-state index contributed by atoms with van der Waals surface area (Å²) in [7, 11) is 0. The second-order valence-electron chi connectivity index (χ2n) is 4.04. The molecule has 17 heavy (non-hydrogen) atoms. The average molecular weight is 286 g/mol. The predicted molar refractivity (Wildman–Crippen MR) is 76.8 cm³/mol. The van der Waals surface area contributed by atoms with E-state index < -0.39 is 0 Å². The van der Waals surface area contributed by atoms with Crippen LogP contribution in [-0.4, -0.2) is 6.54 Å². The maximum atomic E-state index is 3.65. The highest BCUT2D eigenvalue weighted by Gasteiger charge is 2.08. The van der Waals surface area contributed by atoms with E-state index in [9.17, 15) is 0 Å². The van der Waals surface area contributed by atoms with Gasteiger partial charge in [-0.05, 0) is 34.9 Å². The van der Waals surface area contributed by atoms with Gasteiger partial charge in [-0.15, -0.1) is 0 Å². The lowest BCUT2D eigenvalue weighted by Gasteiger charge is -2.12. The van der Waals surface area contributed by atoms with Crippen molar-refractivity contribution in [1.82, 2.24) is 5.32 Å². The lowest BCUT2D eigenvalue weighted by atomic mass is 9.97. The molecule has 0 aromatic heterocycles. The number of rotatable bonds is 1. The second-order valence-corrected chi connectivity index (χ2v) is 4.90. The molecule has 1 heterocycles. The van der Waals surface area contributed by atoms with Gasteiger partial charge in [0.1, 0.15) is 0 Å². The topological polar surface area (TPSA) is 12.0 Å². The van der Waals surface area contributed by atoms with E-state index in [0.717, 1.165) is 11.0 Å². The third-order valence-corrected chi connectivity index (χ3v) is 3.65. The Morgan fingerprint density at radius 2 is 1.88 bits per heavy atom. The third-order valence-electron chi connectivity index (χ3n) is 2.99. The van der Waals surface area contributed by atoms with E-state index >= 15 is 0 Å². The minimum absolute atomic E-state index is 0.896. The van der Waals surface area contributed by atoms with Crippen molar-refractivity contribution in [3.63, 3.8) is 0 Å². The zero-order chi connectivity index (χ0) is 11.7. The standard InChI is InChI=1S/C15H12BrN/c16-14-6-2-4-12-3-1-5-13(15(12)14)11-7-9-17-10-8-11/h1-9,17H,10H2. The molecule has 0 amide bonds. The molecule has 2 heteroatoms. The van der Waals surface area contributed by atoms with Crippen molar-refractivity contribution in [2.75, 3.05) is 6.54 Å². The molecule has 0 aliphatic carbocycles. The predicted octanol–water partition coefficient (Wildman–Crippen LogP) is 4.10. The number of hydrogen-bond acceptors (Lipinski definition) is 1. The smallest absolute Gasteiger partial charge is 0.0334 e. The Balaban J connectivity index is 2.29. The first-order valence-electron chi connectivity index (χ1n) is 5.64. The molecule has 0 atom stereocenters. The fourth-order valence-electron chi connectivity index (χ4n) is 2.19. The van der Waals surface area contributed by atoms with Crippen molar-refractivity contribution in [3.05, 3.63) is 64.8 Å². The quantitative estimate of drug-likeness (QED) is 0.832. The molecule has 0 spiro atoms. The Morgan fingerprint density at radius 1 is 1.06 bits per heavy atom. The van der Waals surface area contributed by atoms with Crippen LogP contribution in [0.15, 0.2) is 59.2 Å². The fraction of sp³-hybridized carbons (Fsp3) is 0.0667. The Kier molecular flexibility index (Phi) is 2.73. The van der Waals surface area contributed by atoms with E-state index in [4.69, 9.17) is 0 Å². The molecule has 3 rings (SSSR count). The lowest BCUT2D eigenvalue weighted by Crippen LogP contribution is -2.08. The maximum Gasteiger partial charge on any atom is 0.0334 e. The zero-order valence-electron chi connectivity index (χ0n) is 9.28. The van der Waals surface area contributed by atoms with Gasteiger partial charge in [0.05, 0.1) is 0 Å². The van der Waals surface area contributed by atoms with Crippen molar-refractivity contribution >= 4 is 32.3 Å². The van der Waals surface area contributed by atoms with Crippen LogP contribution in [0.1, 0.15) is 5.56 Å². The van der Waals surface area contributed by atoms with Gasteiger partial charge in [-0.3, -0.25) is 0 Å². The van der Waals surface area contributed by atoms with Gasteiger partial charge in [0.15, 0.2) is 0 Å². The number of halogens is 1. The Bertz CT molecular complexity index is 621. The Labute approximate surface area is 109 Å². The second kappa shape index (κ2) is 4.38. The average Bonchev–Trinajstić information content (AvgIpc) is 2.39. The van der Waals surface area contributed by atoms with E-state index in [-0.39, 0.29) is 0 Å². The number of allylic oxidation sites excluding steroid dienone is 2. The first kappa shape index (κ1) is 10.6. The summed E-state index contributed by atoms with van der Waals surface area (Å²) < 4.78 is 1.15. The minimum atomic E-state index is 0.896. The van der Waals surface area contributed by atoms with E-state index in [1.54, 1.807) is 0 Å². The summed E-state index contributed by atoms with van der Waals surface area (Å²) in [6.45, 7) is 0.896. The summed E-state index contributed by atoms with van der Waals surface area (Å²) in [5.74, 6) is 0. The zero-order valence-corrected chi connectivity index (χ0v) is 10.9. The fourth-order valence-corrected chi connectivity index (χ4v) is 2.78. The highest BCUT2D eigenvalue weighted by molar-refractivity contribution is 9.10. The molecule has 84 valence electrons. The molecule has 2 aromatic carbocycles. The Hall–Kier alpha value is -1.54. The Morgan fingerprint density at radius 3 is 2.65 bits per heavy atom. The number of dihydropyridines is 1. The molecule has 1 aliphatic heterocycles. The van der Waals surface area contributed by atoms with E-state index in [1.165, 1.54) is 21.9 Å². The first-order valence-corrected chi connectivity index (χ1v) is 6.43. The van der Waals surface area contributed by atoms with Crippen LogP contribution in [0.4, 0.5) is 0 Å². The van der Waals surface area contributed by atoms with Crippen LogP contribution in [0.2, 0.25) is 0 Å². The molecule has 0 saturated carbocycles. The molecule has 0 radical (unpaired) electrons. The SMILES string of the molecule is Brc1cccc2cccc(C3=CCNC=C3)c12. The summed E-state index contributed by atoms with van der Waals surface area (Å²) in [4.78, 5) is 0. The van der Waals surface area contributed by atoms with Crippen LogP contribution < -0.4 is 5.32 Å². The van der Waals surface area contributed by atoms with Gasteiger partial charge >= 0.3 is 0 Å². The van der Waals surface area contributed by atoms with Crippen molar-refractivity contribution < 1.29 is 0 Å². The van der Waals surface area contributed by atoms with Gasteiger partial charge in [0.2, 0.25) is 0 Å². The molecule has 0 fully saturated rings. The summed E-state index contributed by atoms with van der Waals surface area (Å²) >= 11 is 3.65. The largest absolute Gasteiger partial charge is 0.387 e. The van der Waals surface area contributed by atoms with Gasteiger partial charge in [-0.1, -0.05) is 52.3 Å². The molecule has 1 aliphatic rings. The van der Waals surface area contributed by atoms with Gasteiger partial charge in [0.25, 0.3) is 0 Å². The molecule has 0 saturated heterocycles. The minimum Gasteiger partial charge on any atom is -0.387 e. The monoisotopic (exact) mass is 285 g/mol. The molecule has 0 bridgehead atoms. The summed E-state index contributed by atoms with van der Waals surface area (Å²) in [5, 5.41) is 5.73. The number of benzene rings is 2. The van der Waals surface area contributed by atoms with Crippen molar-refractivity contribution in [3.8, 4) is 0 Å². The molecule has 1 nitrogen and oxygen atoms in total. The van der Waals surface area contributed by atoms with Crippen molar-refractivity contribution in [1.29, 1.82) is 0 Å². The van der Waals surface area contributed by atoms with E-state index in [2.05, 4.69) is 69.8 Å². The number of hydrogen-bond donors (Lipinski definition) is 1. The van der Waals surface area contributed by atoms with Gasteiger partial charge in [-0.25, -0.2) is 0 Å². The summed E-state index contributed by atoms with van der Waals surface area (Å²) in [6, 6.07) is 12.7. The highest BCUT2D eigenvalue weighted by atomic mass is 79.9. The van der Waals surface area contributed by atoms with E-state index in [1.807, 2.05) is 6.20 Å². The highest BCUT2D eigenvalue weighted by Crippen LogP contribution is 2.32. The van der Waals surface area contributed by atoms with Crippen LogP contribution in [-0.2, 0) is 0 Å². The van der Waals surface area contributed by atoms with Gasteiger partial charge in [0, 0.05) is 16.4 Å². The van der Waals surface area contributed by atoms with Gasteiger partial charge in [-0.2, -0.15) is 0 Å². The molecule has 0 unspecified atom stereocenters. The van der Waals surface area contributed by atoms with Crippen LogP contribution in [0.5, 0.6) is 0 Å². The molecular formula is C15H12BrN. The first-order chi connectivity index (χ1) is 8.36. The van der Waals surface area contributed by atoms with Crippen LogP contribution in [0.25, 0.3) is 16.3 Å². The summed E-state index contributed by atoms with van der Waals surface area (Å²) in [5.41, 5.74) is 2.56. The molecular weight excluding hydrogens is 274 g/mol. The van der Waals surface area contributed by atoms with Crippen molar-refractivity contribution in [2.24, 2.45) is 0 Å². The van der Waals surface area contributed by atoms with Crippen LogP contribution in [0, 0.1) is 0 Å².